The van der Waals surface area contributed by atoms with E-state index in [0.29, 0.717) is 4.47 Å². The van der Waals surface area contributed by atoms with Crippen LogP contribution in [-0.2, 0) is 13.1 Å². The van der Waals surface area contributed by atoms with Crippen molar-refractivity contribution in [2.24, 2.45) is 0 Å². The zero-order chi connectivity index (χ0) is 10.7. The molecule has 0 fully saturated rings. The molecule has 2 aromatic rings. The van der Waals surface area contributed by atoms with Crippen molar-refractivity contribution < 1.29 is 0 Å². The highest BCUT2D eigenvalue weighted by atomic mass is 35.5. The largest absolute Gasteiger partial charge is 0.297 e. The lowest BCUT2D eigenvalue weighted by Crippen LogP contribution is -2.15. The van der Waals surface area contributed by atoms with Gasteiger partial charge in [-0.15, -0.1) is 11.3 Å². The Hall–Kier alpha value is -0.420. The molecule has 2 heterocycles. The Labute approximate surface area is 102 Å². The molecule has 0 aromatic carbocycles. The molecule has 0 saturated heterocycles. The Morgan fingerprint density at radius 1 is 1.47 bits per heavy atom. The fourth-order valence-corrected chi connectivity index (χ4v) is 3.09. The Kier molecular flexibility index (Phi) is 3.75. The van der Waals surface area contributed by atoms with Crippen molar-refractivity contribution in [2.75, 3.05) is 7.05 Å². The normalized spacial score (nSPS) is 11.1. The zero-order valence-electron chi connectivity index (χ0n) is 8.31. The Morgan fingerprint density at radius 2 is 2.33 bits per heavy atom. The number of thiazole rings is 1. The standard InChI is InChI=1S/C10H11ClN2S2/c1-13(5-8-2-3-14-7-8)6-9-4-12-10(11)15-9/h2-4,7H,5-6H2,1H3. The molecule has 0 spiro atoms. The van der Waals surface area contributed by atoms with Crippen LogP contribution < -0.4 is 0 Å². The first-order valence-corrected chi connectivity index (χ1v) is 6.67. The summed E-state index contributed by atoms with van der Waals surface area (Å²) in [7, 11) is 2.10. The molecule has 2 nitrogen and oxygen atoms in total. The summed E-state index contributed by atoms with van der Waals surface area (Å²) in [6.07, 6.45) is 1.84. The highest BCUT2D eigenvalue weighted by Crippen LogP contribution is 2.19. The van der Waals surface area contributed by atoms with Gasteiger partial charge in [-0.25, -0.2) is 4.98 Å². The molecule has 0 amide bonds. The second-order valence-corrected chi connectivity index (χ2v) is 5.86. The van der Waals surface area contributed by atoms with Gasteiger partial charge in [0.15, 0.2) is 4.47 Å². The van der Waals surface area contributed by atoms with Gasteiger partial charge in [0.2, 0.25) is 0 Å². The summed E-state index contributed by atoms with van der Waals surface area (Å²) < 4.78 is 0.619. The van der Waals surface area contributed by atoms with E-state index in [0.717, 1.165) is 13.1 Å². The smallest absolute Gasteiger partial charge is 0.183 e. The summed E-state index contributed by atoms with van der Waals surface area (Å²) in [5, 5.41) is 4.28. The number of thiophene rings is 1. The minimum absolute atomic E-state index is 0.619. The highest BCUT2D eigenvalue weighted by molar-refractivity contribution is 7.15. The molecule has 0 aliphatic carbocycles. The summed E-state index contributed by atoms with van der Waals surface area (Å²) in [6, 6.07) is 2.15. The van der Waals surface area contributed by atoms with Gasteiger partial charge in [0.25, 0.3) is 0 Å². The highest BCUT2D eigenvalue weighted by Gasteiger charge is 2.04. The molecule has 15 heavy (non-hydrogen) atoms. The number of rotatable bonds is 4. The van der Waals surface area contributed by atoms with Gasteiger partial charge in [-0.05, 0) is 29.4 Å². The molecule has 2 aromatic heterocycles. The van der Waals surface area contributed by atoms with Crippen molar-refractivity contribution in [1.82, 2.24) is 9.88 Å². The van der Waals surface area contributed by atoms with E-state index in [-0.39, 0.29) is 0 Å². The Bertz CT molecular complexity index is 411. The first-order chi connectivity index (χ1) is 7.24. The minimum Gasteiger partial charge on any atom is -0.297 e. The van der Waals surface area contributed by atoms with Crippen LogP contribution >= 0.6 is 34.3 Å². The third-order valence-electron chi connectivity index (χ3n) is 1.98. The minimum atomic E-state index is 0.619. The molecule has 0 aliphatic heterocycles. The number of aromatic nitrogens is 1. The summed E-state index contributed by atoms with van der Waals surface area (Å²) in [5.74, 6) is 0. The lowest BCUT2D eigenvalue weighted by Gasteiger charge is -2.13. The number of hydrogen-bond acceptors (Lipinski definition) is 4. The van der Waals surface area contributed by atoms with E-state index in [1.165, 1.54) is 10.4 Å². The maximum atomic E-state index is 5.78. The summed E-state index contributed by atoms with van der Waals surface area (Å²) in [4.78, 5) is 7.49. The summed E-state index contributed by atoms with van der Waals surface area (Å²) >= 11 is 9.06. The maximum absolute atomic E-state index is 5.78. The molecule has 0 aliphatic rings. The second kappa shape index (κ2) is 5.07. The van der Waals surface area contributed by atoms with Gasteiger partial charge in [-0.1, -0.05) is 11.6 Å². The first-order valence-electron chi connectivity index (χ1n) is 4.54. The van der Waals surface area contributed by atoms with Crippen LogP contribution in [0.4, 0.5) is 0 Å². The summed E-state index contributed by atoms with van der Waals surface area (Å²) in [6.45, 7) is 1.87. The predicted molar refractivity (Wildman–Crippen MR) is 66.6 cm³/mol. The molecule has 0 atom stereocenters. The molecular formula is C10H11ClN2S2. The first kappa shape index (κ1) is 11.1. The molecule has 0 bridgehead atoms. The van der Waals surface area contributed by atoms with Crippen molar-refractivity contribution in [1.29, 1.82) is 0 Å². The van der Waals surface area contributed by atoms with Crippen LogP contribution in [0.5, 0.6) is 0 Å². The van der Waals surface area contributed by atoms with Gasteiger partial charge in [-0.2, -0.15) is 11.3 Å². The van der Waals surface area contributed by atoms with Crippen molar-refractivity contribution in [3.63, 3.8) is 0 Å². The molecule has 0 saturated carbocycles. The van der Waals surface area contributed by atoms with E-state index in [1.54, 1.807) is 22.7 Å². The van der Waals surface area contributed by atoms with E-state index in [4.69, 9.17) is 11.6 Å². The van der Waals surface area contributed by atoms with Crippen LogP contribution in [0.15, 0.2) is 23.0 Å². The number of hydrogen-bond donors (Lipinski definition) is 0. The Balaban J connectivity index is 1.90. The van der Waals surface area contributed by atoms with E-state index in [2.05, 4.69) is 33.8 Å². The quantitative estimate of drug-likeness (QED) is 0.835. The van der Waals surface area contributed by atoms with Gasteiger partial charge in [-0.3, -0.25) is 4.90 Å². The van der Waals surface area contributed by atoms with Crippen LogP contribution in [0.3, 0.4) is 0 Å². The van der Waals surface area contributed by atoms with Crippen molar-refractivity contribution >= 4 is 34.3 Å². The lowest BCUT2D eigenvalue weighted by atomic mass is 10.3. The van der Waals surface area contributed by atoms with Gasteiger partial charge >= 0.3 is 0 Å². The average molecular weight is 259 g/mol. The maximum Gasteiger partial charge on any atom is 0.183 e. The van der Waals surface area contributed by atoms with Gasteiger partial charge in [0.05, 0.1) is 0 Å². The van der Waals surface area contributed by atoms with Gasteiger partial charge in [0, 0.05) is 24.2 Å². The van der Waals surface area contributed by atoms with Crippen LogP contribution in [0.25, 0.3) is 0 Å². The SMILES string of the molecule is CN(Cc1ccsc1)Cc1cnc(Cl)s1. The third kappa shape index (κ3) is 3.28. The monoisotopic (exact) mass is 258 g/mol. The molecule has 80 valence electrons. The molecule has 5 heteroatoms. The van der Waals surface area contributed by atoms with Crippen LogP contribution in [0.1, 0.15) is 10.4 Å². The second-order valence-electron chi connectivity index (χ2n) is 3.38. The van der Waals surface area contributed by atoms with Crippen LogP contribution in [0, 0.1) is 0 Å². The molecular weight excluding hydrogens is 248 g/mol. The topological polar surface area (TPSA) is 16.1 Å². The fraction of sp³-hybridized carbons (Fsp3) is 0.300. The fourth-order valence-electron chi connectivity index (χ4n) is 1.37. The molecule has 2 rings (SSSR count). The van der Waals surface area contributed by atoms with E-state index in [9.17, 15) is 0 Å². The van der Waals surface area contributed by atoms with Crippen LogP contribution in [-0.4, -0.2) is 16.9 Å². The van der Waals surface area contributed by atoms with Crippen molar-refractivity contribution in [3.05, 3.63) is 37.9 Å². The zero-order valence-corrected chi connectivity index (χ0v) is 10.7. The molecule has 0 unspecified atom stereocenters. The van der Waals surface area contributed by atoms with E-state index in [1.807, 2.05) is 6.20 Å². The molecule has 0 radical (unpaired) electrons. The van der Waals surface area contributed by atoms with E-state index < -0.39 is 0 Å². The predicted octanol–water partition coefficient (Wildman–Crippen LogP) is 3.49. The number of halogens is 1. The third-order valence-corrected chi connectivity index (χ3v) is 3.82. The molecule has 0 N–H and O–H groups in total. The summed E-state index contributed by atoms with van der Waals surface area (Å²) in [5.41, 5.74) is 1.36. The lowest BCUT2D eigenvalue weighted by molar-refractivity contribution is 0.322. The number of nitrogens with zero attached hydrogens (tertiary/aromatic N) is 2. The van der Waals surface area contributed by atoms with Gasteiger partial charge in [0.1, 0.15) is 0 Å². The van der Waals surface area contributed by atoms with Gasteiger partial charge < -0.3 is 0 Å². The van der Waals surface area contributed by atoms with Crippen molar-refractivity contribution in [2.45, 2.75) is 13.1 Å². The van der Waals surface area contributed by atoms with E-state index >= 15 is 0 Å². The van der Waals surface area contributed by atoms with Crippen molar-refractivity contribution in [3.8, 4) is 0 Å². The Morgan fingerprint density at radius 3 is 2.93 bits per heavy atom. The average Bonchev–Trinajstić information content (AvgIpc) is 2.77. The van der Waals surface area contributed by atoms with Crippen LogP contribution in [0.2, 0.25) is 4.47 Å².